The number of imidazole rings is 1. The molecule has 3 aliphatic carbocycles. The summed E-state index contributed by atoms with van der Waals surface area (Å²) >= 11 is 0. The molecule has 2 unspecified atom stereocenters. The number of anilines is 2. The van der Waals surface area contributed by atoms with Gasteiger partial charge in [-0.15, -0.1) is 10.2 Å². The van der Waals surface area contributed by atoms with Crippen molar-refractivity contribution in [2.75, 3.05) is 23.3 Å². The standard InChI is InChI=1S/C26H27N9O/c36-26(31-24-6-5-19(30-24)25-32-29-14-35(25)18-3-4-18)20-8-22(34-12-21(28-13-34)15-1-2-15)23(9-27-20)33-10-16-7-17(16)11-33/h5-6,8-9,12-18,30H,1-4,7,10-11H2,(H,31,36). The Kier molecular flexibility index (Phi) is 4.23. The third-order valence-electron chi connectivity index (χ3n) is 7.98. The largest absolute Gasteiger partial charge is 0.368 e. The molecule has 182 valence electrons. The molecule has 2 atom stereocenters. The molecule has 10 heteroatoms. The van der Waals surface area contributed by atoms with Gasteiger partial charge in [0.05, 0.1) is 35.3 Å². The van der Waals surface area contributed by atoms with Crippen LogP contribution < -0.4 is 10.2 Å². The van der Waals surface area contributed by atoms with Crippen LogP contribution in [0.1, 0.15) is 60.2 Å². The van der Waals surface area contributed by atoms with Gasteiger partial charge in [-0.3, -0.25) is 4.79 Å². The second-order valence-corrected chi connectivity index (χ2v) is 10.7. The second kappa shape index (κ2) is 7.52. The van der Waals surface area contributed by atoms with Gasteiger partial charge >= 0.3 is 0 Å². The Morgan fingerprint density at radius 2 is 1.89 bits per heavy atom. The Bertz CT molecular complexity index is 1460. The normalized spacial score (nSPS) is 22.6. The molecule has 0 bridgehead atoms. The number of piperidine rings is 1. The summed E-state index contributed by atoms with van der Waals surface area (Å²) in [7, 11) is 0. The summed E-state index contributed by atoms with van der Waals surface area (Å²) in [5, 5.41) is 11.3. The predicted octanol–water partition coefficient (Wildman–Crippen LogP) is 3.77. The summed E-state index contributed by atoms with van der Waals surface area (Å²) in [6.07, 6.45) is 13.7. The molecule has 2 N–H and O–H groups in total. The van der Waals surface area contributed by atoms with Crippen molar-refractivity contribution in [2.24, 2.45) is 11.8 Å². The fourth-order valence-corrected chi connectivity index (χ4v) is 5.51. The van der Waals surface area contributed by atoms with E-state index in [0.717, 1.165) is 66.4 Å². The number of hydrogen-bond acceptors (Lipinski definition) is 6. The van der Waals surface area contributed by atoms with Crippen LogP contribution in [0, 0.1) is 11.8 Å². The lowest BCUT2D eigenvalue weighted by Crippen LogP contribution is -2.24. The van der Waals surface area contributed by atoms with E-state index in [1.165, 1.54) is 19.3 Å². The number of hydrogen-bond donors (Lipinski definition) is 2. The van der Waals surface area contributed by atoms with Gasteiger partial charge in [-0.2, -0.15) is 0 Å². The number of amides is 1. The molecule has 8 rings (SSSR count). The molecule has 1 amide bonds. The molecular weight excluding hydrogens is 454 g/mol. The zero-order valence-electron chi connectivity index (χ0n) is 19.8. The first-order valence-electron chi connectivity index (χ1n) is 12.9. The summed E-state index contributed by atoms with van der Waals surface area (Å²) in [5.74, 6) is 3.32. The molecule has 4 aromatic rings. The van der Waals surface area contributed by atoms with Crippen molar-refractivity contribution in [1.82, 2.24) is 34.3 Å². The van der Waals surface area contributed by atoms with Crippen molar-refractivity contribution in [2.45, 2.75) is 44.1 Å². The van der Waals surface area contributed by atoms with Gasteiger partial charge in [0.15, 0.2) is 5.82 Å². The first kappa shape index (κ1) is 20.3. The summed E-state index contributed by atoms with van der Waals surface area (Å²) < 4.78 is 4.15. The van der Waals surface area contributed by atoms with Crippen molar-refractivity contribution in [3.8, 4) is 17.2 Å². The number of aromatic nitrogens is 7. The Morgan fingerprint density at radius 1 is 1.03 bits per heavy atom. The van der Waals surface area contributed by atoms with E-state index in [1.807, 2.05) is 30.7 Å². The van der Waals surface area contributed by atoms with Crippen molar-refractivity contribution in [3.05, 3.63) is 54.6 Å². The summed E-state index contributed by atoms with van der Waals surface area (Å²) in [4.78, 5) is 28.1. The number of aromatic amines is 1. The molecule has 4 aliphatic rings. The number of pyridine rings is 1. The fourth-order valence-electron chi connectivity index (χ4n) is 5.51. The van der Waals surface area contributed by atoms with Gasteiger partial charge < -0.3 is 24.3 Å². The summed E-state index contributed by atoms with van der Waals surface area (Å²) in [6, 6.07) is 6.13. The molecule has 10 nitrogen and oxygen atoms in total. The van der Waals surface area contributed by atoms with Crippen LogP contribution in [-0.4, -0.2) is 53.3 Å². The highest BCUT2D eigenvalue weighted by Crippen LogP contribution is 2.47. The zero-order valence-corrected chi connectivity index (χ0v) is 19.8. The molecule has 3 saturated carbocycles. The van der Waals surface area contributed by atoms with Crippen molar-refractivity contribution < 1.29 is 4.79 Å². The van der Waals surface area contributed by atoms with Crippen LogP contribution >= 0.6 is 0 Å². The maximum Gasteiger partial charge on any atom is 0.275 e. The number of carbonyl (C=O) groups is 1. The van der Waals surface area contributed by atoms with Crippen LogP contribution in [0.25, 0.3) is 17.2 Å². The highest BCUT2D eigenvalue weighted by Gasteiger charge is 2.45. The molecule has 4 fully saturated rings. The molecule has 0 radical (unpaired) electrons. The minimum Gasteiger partial charge on any atom is -0.368 e. The minimum atomic E-state index is -0.258. The second-order valence-electron chi connectivity index (χ2n) is 10.7. The number of fused-ring (bicyclic) bond motifs is 1. The van der Waals surface area contributed by atoms with E-state index in [0.29, 0.717) is 23.5 Å². The van der Waals surface area contributed by atoms with E-state index in [1.54, 1.807) is 6.33 Å². The molecule has 36 heavy (non-hydrogen) atoms. The van der Waals surface area contributed by atoms with E-state index >= 15 is 0 Å². The van der Waals surface area contributed by atoms with Crippen LogP contribution in [0.4, 0.5) is 11.5 Å². The van der Waals surface area contributed by atoms with E-state index < -0.39 is 0 Å². The average molecular weight is 482 g/mol. The number of rotatable bonds is 7. The number of H-pyrrole nitrogens is 1. The lowest BCUT2D eigenvalue weighted by atomic mass is 10.2. The average Bonchev–Trinajstić information content (AvgIpc) is 3.86. The van der Waals surface area contributed by atoms with Gasteiger partial charge in [-0.25, -0.2) is 9.97 Å². The summed E-state index contributed by atoms with van der Waals surface area (Å²) in [5.41, 5.74) is 4.36. The molecular formula is C26H27N9O. The Morgan fingerprint density at radius 3 is 2.69 bits per heavy atom. The number of nitrogens with one attached hydrogen (secondary N) is 2. The number of nitrogens with zero attached hydrogens (tertiary/aromatic N) is 7. The summed E-state index contributed by atoms with van der Waals surface area (Å²) in [6.45, 7) is 2.12. The SMILES string of the molecule is O=C(Nc1ccc(-c2nncn2C2CC2)[nH]1)c1cc(-n2cnc(C3CC3)c2)c(N2CC3CC3C2)cn1. The van der Waals surface area contributed by atoms with Crippen LogP contribution in [-0.2, 0) is 0 Å². The third kappa shape index (κ3) is 3.51. The fraction of sp³-hybridized carbons (Fsp3) is 0.423. The van der Waals surface area contributed by atoms with Crippen LogP contribution in [0.3, 0.4) is 0 Å². The van der Waals surface area contributed by atoms with Crippen LogP contribution in [0.5, 0.6) is 0 Å². The maximum atomic E-state index is 13.2. The van der Waals surface area contributed by atoms with Crippen LogP contribution in [0.2, 0.25) is 0 Å². The zero-order chi connectivity index (χ0) is 23.8. The van der Waals surface area contributed by atoms with Gasteiger partial charge in [-0.05, 0) is 62.1 Å². The van der Waals surface area contributed by atoms with Gasteiger partial charge in [0.2, 0.25) is 0 Å². The minimum absolute atomic E-state index is 0.258. The first-order valence-corrected chi connectivity index (χ1v) is 12.9. The monoisotopic (exact) mass is 481 g/mol. The molecule has 4 aromatic heterocycles. The van der Waals surface area contributed by atoms with Gasteiger partial charge in [0, 0.05) is 31.2 Å². The number of carbonyl (C=O) groups excluding carboxylic acids is 1. The first-order chi connectivity index (χ1) is 17.7. The van der Waals surface area contributed by atoms with E-state index in [4.69, 9.17) is 0 Å². The van der Waals surface area contributed by atoms with Crippen LogP contribution in [0.15, 0.2) is 43.2 Å². The highest BCUT2D eigenvalue weighted by atomic mass is 16.1. The Hall–Kier alpha value is -3.95. The molecule has 1 aliphatic heterocycles. The molecule has 5 heterocycles. The van der Waals surface area contributed by atoms with E-state index in [-0.39, 0.29) is 5.91 Å². The third-order valence-corrected chi connectivity index (χ3v) is 7.98. The smallest absolute Gasteiger partial charge is 0.275 e. The van der Waals surface area contributed by atoms with Gasteiger partial charge in [-0.1, -0.05) is 0 Å². The topological polar surface area (TPSA) is 110 Å². The van der Waals surface area contributed by atoms with Gasteiger partial charge in [0.25, 0.3) is 5.91 Å². The van der Waals surface area contributed by atoms with Gasteiger partial charge in [0.1, 0.15) is 17.8 Å². The Labute approximate surface area is 207 Å². The van der Waals surface area contributed by atoms with E-state index in [9.17, 15) is 4.79 Å². The Balaban J connectivity index is 1.08. The maximum absolute atomic E-state index is 13.2. The molecule has 1 saturated heterocycles. The van der Waals surface area contributed by atoms with Crippen molar-refractivity contribution in [1.29, 1.82) is 0 Å². The van der Waals surface area contributed by atoms with E-state index in [2.05, 4.69) is 50.7 Å². The van der Waals surface area contributed by atoms with Crippen molar-refractivity contribution in [3.63, 3.8) is 0 Å². The quantitative estimate of drug-likeness (QED) is 0.416. The molecule has 0 aromatic carbocycles. The predicted molar refractivity (Wildman–Crippen MR) is 133 cm³/mol. The highest BCUT2D eigenvalue weighted by molar-refractivity contribution is 6.03. The lowest BCUT2D eigenvalue weighted by Gasteiger charge is -2.23. The molecule has 0 spiro atoms. The van der Waals surface area contributed by atoms with Crippen molar-refractivity contribution >= 4 is 17.4 Å². The lowest BCUT2D eigenvalue weighted by molar-refractivity contribution is 0.102.